The van der Waals surface area contributed by atoms with Crippen LogP contribution < -0.4 is 5.32 Å². The molecule has 3 rings (SSSR count). The summed E-state index contributed by atoms with van der Waals surface area (Å²) in [6.45, 7) is 1.61. The summed E-state index contributed by atoms with van der Waals surface area (Å²) >= 11 is 0. The van der Waals surface area contributed by atoms with Crippen LogP contribution in [0.5, 0.6) is 0 Å². The fourth-order valence-electron chi connectivity index (χ4n) is 4.61. The molecule has 1 aromatic carbocycles. The highest BCUT2D eigenvalue weighted by Crippen LogP contribution is 2.31. The van der Waals surface area contributed by atoms with Crippen LogP contribution in [0, 0.1) is 0 Å². The Morgan fingerprint density at radius 1 is 0.923 bits per heavy atom. The fourth-order valence-corrected chi connectivity index (χ4v) is 4.61. The Labute approximate surface area is 157 Å². The van der Waals surface area contributed by atoms with Crippen LogP contribution in [0.15, 0.2) is 30.3 Å². The number of carbonyl (C=O) groups excluding carboxylic acids is 2. The van der Waals surface area contributed by atoms with Crippen molar-refractivity contribution in [1.82, 2.24) is 10.2 Å². The molecule has 1 aromatic rings. The average Bonchev–Trinajstić information content (AvgIpc) is 2.67. The molecule has 0 aliphatic heterocycles. The van der Waals surface area contributed by atoms with E-state index in [9.17, 15) is 9.59 Å². The van der Waals surface area contributed by atoms with Gasteiger partial charge in [-0.15, -0.1) is 0 Å². The topological polar surface area (TPSA) is 49.4 Å². The van der Waals surface area contributed by atoms with E-state index in [2.05, 4.69) is 5.32 Å². The molecule has 0 spiro atoms. The average molecular weight is 357 g/mol. The maximum absolute atomic E-state index is 13.3. The lowest BCUT2D eigenvalue weighted by atomic mass is 9.91. The molecule has 4 heteroatoms. The smallest absolute Gasteiger partial charge is 0.247 e. The maximum atomic E-state index is 13.3. The normalized spacial score (nSPS) is 20.3. The predicted molar refractivity (Wildman–Crippen MR) is 104 cm³/mol. The lowest BCUT2D eigenvalue weighted by molar-refractivity contribution is -0.143. The van der Waals surface area contributed by atoms with Crippen molar-refractivity contribution in [1.29, 1.82) is 0 Å². The number of hydrogen-bond donors (Lipinski definition) is 1. The molecule has 26 heavy (non-hydrogen) atoms. The van der Waals surface area contributed by atoms with Gasteiger partial charge in [-0.05, 0) is 31.2 Å². The first kappa shape index (κ1) is 18.9. The van der Waals surface area contributed by atoms with Gasteiger partial charge in [0.2, 0.25) is 11.8 Å². The van der Waals surface area contributed by atoms with Crippen molar-refractivity contribution in [3.63, 3.8) is 0 Å². The summed E-state index contributed by atoms with van der Waals surface area (Å²) in [6.07, 6.45) is 11.2. The van der Waals surface area contributed by atoms with Gasteiger partial charge in [0, 0.05) is 19.0 Å². The van der Waals surface area contributed by atoms with E-state index in [0.29, 0.717) is 0 Å². The monoisotopic (exact) mass is 356 g/mol. The summed E-state index contributed by atoms with van der Waals surface area (Å²) in [5.74, 6) is -0.00609. The van der Waals surface area contributed by atoms with Gasteiger partial charge in [0.15, 0.2) is 0 Å². The second kappa shape index (κ2) is 9.20. The third-order valence-electron chi connectivity index (χ3n) is 5.93. The van der Waals surface area contributed by atoms with Gasteiger partial charge in [0.05, 0.1) is 0 Å². The van der Waals surface area contributed by atoms with Gasteiger partial charge in [0.25, 0.3) is 0 Å². The molecule has 0 radical (unpaired) electrons. The summed E-state index contributed by atoms with van der Waals surface area (Å²) < 4.78 is 0. The van der Waals surface area contributed by atoms with Gasteiger partial charge >= 0.3 is 0 Å². The van der Waals surface area contributed by atoms with E-state index in [1.807, 2.05) is 35.2 Å². The molecule has 0 saturated heterocycles. The summed E-state index contributed by atoms with van der Waals surface area (Å²) in [5, 5.41) is 3.26. The van der Waals surface area contributed by atoms with Crippen LogP contribution in [0.25, 0.3) is 0 Å². The largest absolute Gasteiger partial charge is 0.351 e. The molecule has 0 heterocycles. The third kappa shape index (κ3) is 4.66. The van der Waals surface area contributed by atoms with E-state index in [4.69, 9.17) is 0 Å². The van der Waals surface area contributed by atoms with Crippen molar-refractivity contribution in [3.8, 4) is 0 Å². The molecular formula is C22H32N2O2. The molecule has 4 nitrogen and oxygen atoms in total. The molecule has 2 saturated carbocycles. The predicted octanol–water partition coefficient (Wildman–Crippen LogP) is 4.36. The molecule has 2 fully saturated rings. The summed E-state index contributed by atoms with van der Waals surface area (Å²) in [4.78, 5) is 27.8. The van der Waals surface area contributed by atoms with E-state index in [1.165, 1.54) is 25.7 Å². The first-order valence-electron chi connectivity index (χ1n) is 10.3. The zero-order valence-corrected chi connectivity index (χ0v) is 16.0. The third-order valence-corrected chi connectivity index (χ3v) is 5.93. The van der Waals surface area contributed by atoms with Crippen molar-refractivity contribution in [2.75, 3.05) is 0 Å². The first-order chi connectivity index (χ1) is 12.7. The zero-order valence-electron chi connectivity index (χ0n) is 16.0. The molecule has 0 unspecified atom stereocenters. The number of amides is 2. The number of nitrogens with one attached hydrogen (secondary N) is 1. The van der Waals surface area contributed by atoms with Crippen molar-refractivity contribution in [2.24, 2.45) is 0 Å². The Kier molecular flexibility index (Phi) is 6.70. The van der Waals surface area contributed by atoms with Crippen molar-refractivity contribution in [3.05, 3.63) is 35.9 Å². The summed E-state index contributed by atoms with van der Waals surface area (Å²) in [7, 11) is 0. The Morgan fingerprint density at radius 2 is 1.50 bits per heavy atom. The number of hydrogen-bond acceptors (Lipinski definition) is 2. The van der Waals surface area contributed by atoms with Crippen LogP contribution >= 0.6 is 0 Å². The second-order valence-corrected chi connectivity index (χ2v) is 7.87. The maximum Gasteiger partial charge on any atom is 0.247 e. The van der Waals surface area contributed by atoms with Crippen LogP contribution in [0.3, 0.4) is 0 Å². The second-order valence-electron chi connectivity index (χ2n) is 7.87. The standard InChI is InChI=1S/C22H32N2O2/c1-17(25)24(20-15-9-4-10-16-20)21(18-11-5-2-6-12-18)22(26)23-19-13-7-3-8-14-19/h2,5-6,11-12,19-21H,3-4,7-10,13-16H2,1H3,(H,23,26)/t21-/m1/s1. The van der Waals surface area contributed by atoms with Crippen molar-refractivity contribution < 1.29 is 9.59 Å². The molecule has 2 amide bonds. The van der Waals surface area contributed by atoms with Crippen LogP contribution in [-0.4, -0.2) is 28.8 Å². The Hall–Kier alpha value is -1.84. The van der Waals surface area contributed by atoms with E-state index in [-0.39, 0.29) is 23.9 Å². The Morgan fingerprint density at radius 3 is 2.08 bits per heavy atom. The van der Waals surface area contributed by atoms with E-state index >= 15 is 0 Å². The summed E-state index contributed by atoms with van der Waals surface area (Å²) in [6, 6.07) is 9.72. The molecule has 2 aliphatic rings. The summed E-state index contributed by atoms with van der Waals surface area (Å²) in [5.41, 5.74) is 0.918. The molecule has 0 bridgehead atoms. The number of benzene rings is 1. The highest BCUT2D eigenvalue weighted by molar-refractivity contribution is 5.88. The number of carbonyl (C=O) groups is 2. The van der Waals surface area contributed by atoms with Gasteiger partial charge in [-0.2, -0.15) is 0 Å². The fraction of sp³-hybridized carbons (Fsp3) is 0.636. The Balaban J connectivity index is 1.85. The van der Waals surface area contributed by atoms with E-state index < -0.39 is 6.04 Å². The molecule has 2 aliphatic carbocycles. The molecule has 1 N–H and O–H groups in total. The van der Waals surface area contributed by atoms with Crippen LogP contribution in [0.1, 0.15) is 82.7 Å². The van der Waals surface area contributed by atoms with Gasteiger partial charge in [-0.25, -0.2) is 0 Å². The lowest BCUT2D eigenvalue weighted by Gasteiger charge is -2.39. The molecule has 0 aromatic heterocycles. The Bertz CT molecular complexity index is 589. The number of nitrogens with zero attached hydrogens (tertiary/aromatic N) is 1. The zero-order chi connectivity index (χ0) is 18.4. The quantitative estimate of drug-likeness (QED) is 0.852. The molecule has 1 atom stereocenters. The SMILES string of the molecule is CC(=O)N(C1CCCCC1)[C@@H](C(=O)NC1CCCCC1)c1ccccc1. The highest BCUT2D eigenvalue weighted by Gasteiger charge is 2.36. The van der Waals surface area contributed by atoms with Crippen LogP contribution in [0.2, 0.25) is 0 Å². The number of rotatable bonds is 5. The lowest BCUT2D eigenvalue weighted by Crippen LogP contribution is -2.50. The molecule has 142 valence electrons. The first-order valence-corrected chi connectivity index (χ1v) is 10.3. The molecular weight excluding hydrogens is 324 g/mol. The van der Waals surface area contributed by atoms with Gasteiger partial charge < -0.3 is 10.2 Å². The van der Waals surface area contributed by atoms with E-state index in [0.717, 1.165) is 44.1 Å². The van der Waals surface area contributed by atoms with Gasteiger partial charge in [0.1, 0.15) is 6.04 Å². The van der Waals surface area contributed by atoms with Crippen LogP contribution in [-0.2, 0) is 9.59 Å². The van der Waals surface area contributed by atoms with Crippen LogP contribution in [0.4, 0.5) is 0 Å². The van der Waals surface area contributed by atoms with Crippen molar-refractivity contribution >= 4 is 11.8 Å². The van der Waals surface area contributed by atoms with E-state index in [1.54, 1.807) is 6.92 Å². The highest BCUT2D eigenvalue weighted by atomic mass is 16.2. The minimum Gasteiger partial charge on any atom is -0.351 e. The minimum absolute atomic E-state index is 0.00421. The minimum atomic E-state index is -0.515. The van der Waals surface area contributed by atoms with Gasteiger partial charge in [-0.1, -0.05) is 68.9 Å². The van der Waals surface area contributed by atoms with Crippen molar-refractivity contribution in [2.45, 2.75) is 89.3 Å². The van der Waals surface area contributed by atoms with Gasteiger partial charge in [-0.3, -0.25) is 9.59 Å².